The van der Waals surface area contributed by atoms with Gasteiger partial charge in [-0.3, -0.25) is 0 Å². The third-order valence-electron chi connectivity index (χ3n) is 5.27. The summed E-state index contributed by atoms with van der Waals surface area (Å²) in [6, 6.07) is 32.8. The number of carboxylic acid groups (broad SMARTS) is 3. The molecule has 4 aromatic rings. The minimum absolute atomic E-state index is 0. The average Bonchev–Trinajstić information content (AvgIpc) is 3.24. The summed E-state index contributed by atoms with van der Waals surface area (Å²) in [5.74, 6) is -2.72. The first-order chi connectivity index (χ1) is 18.2. The Morgan fingerprint density at radius 3 is 1.15 bits per heavy atom. The van der Waals surface area contributed by atoms with Gasteiger partial charge in [-0.2, -0.15) is 0 Å². The number of hydrogen-bond acceptors (Lipinski definition) is 6. The van der Waals surface area contributed by atoms with Crippen LogP contribution in [-0.2, 0) is 50.9 Å². The summed E-state index contributed by atoms with van der Waals surface area (Å²) in [5, 5.41) is 30.3. The van der Waals surface area contributed by atoms with Gasteiger partial charge in [-0.05, 0) is 16.7 Å². The number of aromatic carboxylic acids is 3. The molecule has 0 N–H and O–H groups in total. The first-order valence-electron chi connectivity index (χ1n) is 11.5. The maximum atomic E-state index is 10.1. The van der Waals surface area contributed by atoms with Crippen LogP contribution in [0.25, 0.3) is 6.08 Å². The molecule has 39 heavy (non-hydrogen) atoms. The molecule has 192 valence electrons. The Balaban J connectivity index is 0.000000259. The summed E-state index contributed by atoms with van der Waals surface area (Å²) in [7, 11) is 0. The van der Waals surface area contributed by atoms with E-state index in [0.717, 1.165) is 0 Å². The molecule has 8 heteroatoms. The van der Waals surface area contributed by atoms with Gasteiger partial charge in [-0.15, -0.1) is 0 Å². The second kappa shape index (κ2) is 18.1. The van der Waals surface area contributed by atoms with Gasteiger partial charge < -0.3 is 29.7 Å². The van der Waals surface area contributed by atoms with Gasteiger partial charge in [-0.1, -0.05) is 91.0 Å². The van der Waals surface area contributed by atoms with E-state index in [-0.39, 0.29) is 42.9 Å². The molecule has 0 fully saturated rings. The largest absolute Gasteiger partial charge is 0.545 e. The summed E-state index contributed by atoms with van der Waals surface area (Å²) in [6.07, 6.45) is 2.32. The Kier molecular flexibility index (Phi) is 15.7. The van der Waals surface area contributed by atoms with Crippen LogP contribution in [0.15, 0.2) is 119 Å². The van der Waals surface area contributed by atoms with Crippen LogP contribution in [-0.4, -0.2) is 17.9 Å². The minimum Gasteiger partial charge on any atom is -0.545 e. The maximum absolute atomic E-state index is 10.1. The van der Waals surface area contributed by atoms with Crippen LogP contribution in [0.3, 0.4) is 0 Å². The summed E-state index contributed by atoms with van der Waals surface area (Å²) in [5.41, 5.74) is 3.58. The summed E-state index contributed by atoms with van der Waals surface area (Å²) >= 11 is 1.55. The van der Waals surface area contributed by atoms with Gasteiger partial charge in [0, 0.05) is 26.2 Å². The van der Waals surface area contributed by atoms with Crippen molar-refractivity contribution >= 4 is 24.0 Å². The molecular weight excluding hydrogens is 651 g/mol. The predicted molar refractivity (Wildman–Crippen MR) is 135 cm³/mol. The first kappa shape index (κ1) is 33.8. The van der Waals surface area contributed by atoms with Crippen LogP contribution in [0.4, 0.5) is 0 Å². The molecule has 0 amide bonds. The van der Waals surface area contributed by atoms with Gasteiger partial charge in [-0.25, -0.2) is 0 Å². The van der Waals surface area contributed by atoms with Crippen LogP contribution >= 0.6 is 0 Å². The number of carbonyl (C=O) groups excluding carboxylic acids is 3. The van der Waals surface area contributed by atoms with Crippen molar-refractivity contribution in [1.82, 2.24) is 0 Å². The van der Waals surface area contributed by atoms with E-state index in [1.165, 1.54) is 47.5 Å². The fraction of sp³-hybridized carbons (Fsp3) is 0.0645. The molecule has 1 aliphatic rings. The molecule has 0 radical (unpaired) electrons. The fourth-order valence-corrected chi connectivity index (χ4v) is 3.98. The number of rotatable bonds is 3. The first-order valence-corrected chi connectivity index (χ1v) is 12.7. The zero-order valence-electron chi connectivity index (χ0n) is 21.1. The molecule has 5 rings (SSSR count). The number of benzene rings is 4. The van der Waals surface area contributed by atoms with Crippen molar-refractivity contribution < 1.29 is 80.6 Å². The molecule has 0 saturated carbocycles. The van der Waals surface area contributed by atoms with Crippen LogP contribution in [0.2, 0.25) is 0 Å². The topological polar surface area (TPSA) is 120 Å². The second-order valence-electron chi connectivity index (χ2n) is 7.91. The molecule has 0 saturated heterocycles. The van der Waals surface area contributed by atoms with E-state index in [0.29, 0.717) is 5.92 Å². The van der Waals surface area contributed by atoms with E-state index >= 15 is 0 Å². The van der Waals surface area contributed by atoms with E-state index in [1.807, 2.05) is 0 Å². The van der Waals surface area contributed by atoms with E-state index in [1.54, 1.807) is 82.6 Å². The Morgan fingerprint density at radius 2 is 0.872 bits per heavy atom. The zero-order chi connectivity index (χ0) is 27.9. The van der Waals surface area contributed by atoms with Crippen molar-refractivity contribution in [3.8, 4) is 0 Å². The van der Waals surface area contributed by atoms with E-state index in [2.05, 4.69) is 37.3 Å². The summed E-state index contributed by atoms with van der Waals surface area (Å²) in [4.78, 5) is 30.3. The Labute approximate surface area is 262 Å². The van der Waals surface area contributed by atoms with Crippen molar-refractivity contribution in [1.29, 1.82) is 0 Å². The molecule has 0 aliphatic heterocycles. The summed E-state index contributed by atoms with van der Waals surface area (Å²) < 4.78 is 1.57. The molecule has 0 bridgehead atoms. The van der Waals surface area contributed by atoms with E-state index < -0.39 is 17.9 Å². The van der Waals surface area contributed by atoms with Crippen molar-refractivity contribution in [2.75, 3.05) is 0 Å². The van der Waals surface area contributed by atoms with Crippen molar-refractivity contribution in [3.05, 3.63) is 146 Å². The minimum atomic E-state index is -1.13. The molecule has 4 aromatic carbocycles. The van der Waals surface area contributed by atoms with Crippen LogP contribution in [0.5, 0.6) is 0 Å². The second-order valence-corrected chi connectivity index (χ2v) is 9.33. The standard InChI is InChI=1S/C10H9.3C7H6O2.2Zr/c1-8-6-7-9-4-2-3-5-10(8)9;3*8-7(9)6-4-2-1-3-5-6;;/h2-5,7-8H,1H3;3*1-5H,(H,8,9);;/q;;;;;+3/p-3. The number of fused-ring (bicyclic) bond motifs is 1. The van der Waals surface area contributed by atoms with Gasteiger partial charge >= 0.3 is 82.3 Å². The molecule has 6 nitrogen and oxygen atoms in total. The SMILES string of the molecule is CC1[C]([Zr+3])=Cc2ccccc21.O=C([O-])c1ccccc1.O=C([O-])c1ccccc1.O=C([O-])c1ccccc1.[Zr]. The zero-order valence-corrected chi connectivity index (χ0v) is 26.0. The molecule has 1 unspecified atom stereocenters. The van der Waals surface area contributed by atoms with Gasteiger partial charge in [0.05, 0.1) is 17.9 Å². The van der Waals surface area contributed by atoms with Crippen LogP contribution < -0.4 is 15.3 Å². The number of hydrogen-bond donors (Lipinski definition) is 0. The molecule has 0 heterocycles. The summed E-state index contributed by atoms with van der Waals surface area (Å²) in [6.45, 7) is 2.28. The Hall–Kier alpha value is -3.20. The normalized spacial score (nSPS) is 12.2. The van der Waals surface area contributed by atoms with Crippen LogP contribution in [0.1, 0.15) is 55.0 Å². The Morgan fingerprint density at radius 1 is 0.564 bits per heavy atom. The van der Waals surface area contributed by atoms with Gasteiger partial charge in [0.2, 0.25) is 0 Å². The van der Waals surface area contributed by atoms with Gasteiger partial charge in [0.1, 0.15) is 0 Å². The van der Waals surface area contributed by atoms with Gasteiger partial charge in [0.25, 0.3) is 0 Å². The van der Waals surface area contributed by atoms with Crippen molar-refractivity contribution in [3.63, 3.8) is 0 Å². The monoisotopic (exact) mass is 672 g/mol. The van der Waals surface area contributed by atoms with Gasteiger partial charge in [0.15, 0.2) is 0 Å². The maximum Gasteiger partial charge on any atom is 0.0715 e. The number of carboxylic acids is 3. The van der Waals surface area contributed by atoms with Crippen molar-refractivity contribution in [2.24, 2.45) is 0 Å². The third kappa shape index (κ3) is 12.0. The van der Waals surface area contributed by atoms with E-state index in [9.17, 15) is 29.7 Å². The molecule has 1 atom stereocenters. The van der Waals surface area contributed by atoms with Crippen molar-refractivity contribution in [2.45, 2.75) is 12.8 Å². The molecule has 1 aliphatic carbocycles. The third-order valence-corrected chi connectivity index (χ3v) is 6.69. The Bertz CT molecular complexity index is 1240. The smallest absolute Gasteiger partial charge is 0.0715 e. The predicted octanol–water partition coefficient (Wildman–Crippen LogP) is 2.84. The number of carbonyl (C=O) groups is 3. The fourth-order valence-electron chi connectivity index (χ4n) is 3.22. The average molecular weight is 675 g/mol. The molecular formula is C31H24O6Zr2. The number of allylic oxidation sites excluding steroid dienone is 1. The van der Waals surface area contributed by atoms with E-state index in [4.69, 9.17) is 0 Å². The molecule has 0 spiro atoms. The quantitative estimate of drug-likeness (QED) is 0.330. The van der Waals surface area contributed by atoms with Crippen LogP contribution in [0, 0.1) is 0 Å². The molecule has 0 aromatic heterocycles.